The highest BCUT2D eigenvalue weighted by Crippen LogP contribution is 2.11. The zero-order valence-electron chi connectivity index (χ0n) is 9.56. The lowest BCUT2D eigenvalue weighted by molar-refractivity contribution is -0.140. The summed E-state index contributed by atoms with van der Waals surface area (Å²) in [7, 11) is 0. The van der Waals surface area contributed by atoms with Crippen LogP contribution in [0.4, 0.5) is 0 Å². The summed E-state index contributed by atoms with van der Waals surface area (Å²) in [6.45, 7) is 6.98. The summed E-state index contributed by atoms with van der Waals surface area (Å²) >= 11 is 0. The molecule has 0 atom stereocenters. The van der Waals surface area contributed by atoms with Crippen molar-refractivity contribution in [1.82, 2.24) is 0 Å². The van der Waals surface area contributed by atoms with Crippen molar-refractivity contribution in [2.45, 2.75) is 20.3 Å². The first-order chi connectivity index (χ1) is 7.65. The molecular weight excluding hydrogens is 202 g/mol. The molecule has 1 rings (SSSR count). The molecule has 0 saturated heterocycles. The Morgan fingerprint density at radius 1 is 1.50 bits per heavy atom. The van der Waals surface area contributed by atoms with Crippen LogP contribution in [0.5, 0.6) is 0 Å². The number of hydrogen-bond donors (Lipinski definition) is 0. The van der Waals surface area contributed by atoms with E-state index in [1.54, 1.807) is 6.08 Å². The van der Waals surface area contributed by atoms with Crippen molar-refractivity contribution in [3.05, 3.63) is 48.0 Å². The van der Waals surface area contributed by atoms with Crippen LogP contribution in [0.25, 0.3) is 0 Å². The van der Waals surface area contributed by atoms with Gasteiger partial charge in [-0.25, -0.2) is 4.79 Å². The maximum Gasteiger partial charge on any atom is 0.331 e. The summed E-state index contributed by atoms with van der Waals surface area (Å²) in [4.78, 5) is 15.4. The smallest absolute Gasteiger partial charge is 0.318 e. The van der Waals surface area contributed by atoms with Crippen molar-refractivity contribution < 1.29 is 9.63 Å². The molecule has 0 heterocycles. The van der Waals surface area contributed by atoms with Gasteiger partial charge in [-0.2, -0.15) is 0 Å². The Hall–Kier alpha value is -1.90. The Bertz CT molecular complexity index is 422. The van der Waals surface area contributed by atoms with Gasteiger partial charge in [0.15, 0.2) is 0 Å². The zero-order valence-corrected chi connectivity index (χ0v) is 9.56. The Labute approximate surface area is 95.4 Å². The number of benzene rings is 1. The summed E-state index contributed by atoms with van der Waals surface area (Å²) in [6, 6.07) is 7.81. The highest BCUT2D eigenvalue weighted by Gasteiger charge is 2.06. The molecule has 3 heteroatoms. The van der Waals surface area contributed by atoms with E-state index in [1.807, 2.05) is 31.2 Å². The van der Waals surface area contributed by atoms with E-state index < -0.39 is 5.97 Å². The van der Waals surface area contributed by atoms with Crippen molar-refractivity contribution in [3.63, 3.8) is 0 Å². The van der Waals surface area contributed by atoms with Gasteiger partial charge in [0.2, 0.25) is 0 Å². The minimum atomic E-state index is -0.421. The van der Waals surface area contributed by atoms with E-state index in [1.165, 1.54) is 6.92 Å². The topological polar surface area (TPSA) is 38.7 Å². The lowest BCUT2D eigenvalue weighted by Gasteiger charge is -2.06. The summed E-state index contributed by atoms with van der Waals surface area (Å²) in [6.07, 6.45) is 2.30. The van der Waals surface area contributed by atoms with Gasteiger partial charge in [-0.1, -0.05) is 35.5 Å². The molecule has 0 saturated carbocycles. The van der Waals surface area contributed by atoms with Crippen LogP contribution in [0, 0.1) is 6.92 Å². The Morgan fingerprint density at radius 3 is 2.75 bits per heavy atom. The predicted octanol–water partition coefficient (Wildman–Crippen LogP) is 2.84. The average Bonchev–Trinajstić information content (AvgIpc) is 2.25. The van der Waals surface area contributed by atoms with Crippen LogP contribution < -0.4 is 0 Å². The fraction of sp³-hybridized carbons (Fsp3) is 0.231. The monoisotopic (exact) mass is 217 g/mol. The van der Waals surface area contributed by atoms with Crippen LogP contribution in [0.3, 0.4) is 0 Å². The third-order valence-corrected chi connectivity index (χ3v) is 2.08. The van der Waals surface area contributed by atoms with Gasteiger partial charge in [-0.05, 0) is 12.5 Å². The number of allylic oxidation sites excluding steroid dienone is 1. The molecule has 0 amide bonds. The first-order valence-corrected chi connectivity index (χ1v) is 5.06. The van der Waals surface area contributed by atoms with Gasteiger partial charge in [0.1, 0.15) is 0 Å². The summed E-state index contributed by atoms with van der Waals surface area (Å²) in [5.74, 6) is -0.421. The predicted molar refractivity (Wildman–Crippen MR) is 64.3 cm³/mol. The zero-order chi connectivity index (χ0) is 12.0. The molecule has 0 bridgehead atoms. The standard InChI is InChI=1S/C13H15NO2/c1-4-7-13(14-16-11(3)15)12-9-6-5-8-10(12)2/h4-6,8-9H,1,7H2,2-3H3/b14-13+. The number of carbonyl (C=O) groups is 1. The quantitative estimate of drug-likeness (QED) is 0.336. The Morgan fingerprint density at radius 2 is 2.19 bits per heavy atom. The first kappa shape index (κ1) is 12.2. The van der Waals surface area contributed by atoms with Crippen LogP contribution in [-0.4, -0.2) is 11.7 Å². The van der Waals surface area contributed by atoms with Crippen LogP contribution >= 0.6 is 0 Å². The number of aryl methyl sites for hydroxylation is 1. The minimum absolute atomic E-state index is 0.421. The molecule has 0 aliphatic heterocycles. The second-order valence-electron chi connectivity index (χ2n) is 3.43. The van der Waals surface area contributed by atoms with E-state index in [-0.39, 0.29) is 0 Å². The normalized spacial score (nSPS) is 11.0. The molecule has 0 aromatic heterocycles. The minimum Gasteiger partial charge on any atom is -0.318 e. The van der Waals surface area contributed by atoms with Crippen molar-refractivity contribution in [2.24, 2.45) is 5.16 Å². The molecule has 3 nitrogen and oxygen atoms in total. The van der Waals surface area contributed by atoms with Crippen LogP contribution in [0.15, 0.2) is 42.1 Å². The van der Waals surface area contributed by atoms with Crippen LogP contribution in [-0.2, 0) is 9.63 Å². The largest absolute Gasteiger partial charge is 0.331 e. The SMILES string of the molecule is C=CC/C(=N\OC(C)=O)c1ccccc1C. The van der Waals surface area contributed by atoms with Crippen molar-refractivity contribution >= 4 is 11.7 Å². The second kappa shape index (κ2) is 5.85. The Kier molecular flexibility index (Phi) is 4.45. The Balaban J connectivity index is 3.02. The summed E-state index contributed by atoms with van der Waals surface area (Å²) in [5.41, 5.74) is 2.78. The van der Waals surface area contributed by atoms with Crippen molar-refractivity contribution in [1.29, 1.82) is 0 Å². The molecule has 0 N–H and O–H groups in total. The maximum absolute atomic E-state index is 10.7. The molecule has 84 valence electrons. The van der Waals surface area contributed by atoms with E-state index in [0.29, 0.717) is 12.1 Å². The van der Waals surface area contributed by atoms with Gasteiger partial charge in [0, 0.05) is 18.9 Å². The molecule has 0 aliphatic rings. The van der Waals surface area contributed by atoms with Gasteiger partial charge in [-0.3, -0.25) is 0 Å². The molecule has 0 spiro atoms. The van der Waals surface area contributed by atoms with Gasteiger partial charge in [0.25, 0.3) is 0 Å². The van der Waals surface area contributed by atoms with Gasteiger partial charge < -0.3 is 4.84 Å². The first-order valence-electron chi connectivity index (χ1n) is 5.06. The van der Waals surface area contributed by atoms with Gasteiger partial charge in [-0.15, -0.1) is 6.58 Å². The molecule has 0 aliphatic carbocycles. The third kappa shape index (κ3) is 3.35. The molecule has 1 aromatic rings. The third-order valence-electron chi connectivity index (χ3n) is 2.08. The molecule has 1 aromatic carbocycles. The maximum atomic E-state index is 10.7. The number of carbonyl (C=O) groups excluding carboxylic acids is 1. The molecule has 16 heavy (non-hydrogen) atoms. The summed E-state index contributed by atoms with van der Waals surface area (Å²) in [5, 5.41) is 3.84. The number of hydrogen-bond acceptors (Lipinski definition) is 3. The van der Waals surface area contributed by atoms with Crippen molar-refractivity contribution in [3.8, 4) is 0 Å². The second-order valence-corrected chi connectivity index (χ2v) is 3.43. The van der Waals surface area contributed by atoms with Crippen LogP contribution in [0.1, 0.15) is 24.5 Å². The molecule has 0 radical (unpaired) electrons. The lowest BCUT2D eigenvalue weighted by Crippen LogP contribution is -2.04. The van der Waals surface area contributed by atoms with E-state index in [2.05, 4.69) is 16.6 Å². The molecular formula is C13H15NO2. The number of oxime groups is 1. The van der Waals surface area contributed by atoms with Gasteiger partial charge in [0.05, 0.1) is 5.71 Å². The van der Waals surface area contributed by atoms with Gasteiger partial charge >= 0.3 is 5.97 Å². The highest BCUT2D eigenvalue weighted by atomic mass is 16.7. The fourth-order valence-electron chi connectivity index (χ4n) is 1.35. The summed E-state index contributed by atoms with van der Waals surface area (Å²) < 4.78 is 0. The van der Waals surface area contributed by atoms with Crippen molar-refractivity contribution in [2.75, 3.05) is 0 Å². The van der Waals surface area contributed by atoms with Crippen LogP contribution in [0.2, 0.25) is 0 Å². The van der Waals surface area contributed by atoms with E-state index in [4.69, 9.17) is 0 Å². The number of nitrogens with zero attached hydrogens (tertiary/aromatic N) is 1. The van der Waals surface area contributed by atoms with E-state index in [9.17, 15) is 4.79 Å². The highest BCUT2D eigenvalue weighted by molar-refractivity contribution is 6.02. The molecule has 0 fully saturated rings. The lowest BCUT2D eigenvalue weighted by atomic mass is 10.0. The average molecular weight is 217 g/mol. The van der Waals surface area contributed by atoms with E-state index >= 15 is 0 Å². The fourth-order valence-corrected chi connectivity index (χ4v) is 1.35. The van der Waals surface area contributed by atoms with E-state index in [0.717, 1.165) is 11.1 Å². The number of rotatable bonds is 4. The molecule has 0 unspecified atom stereocenters.